The van der Waals surface area contributed by atoms with Gasteiger partial charge in [0.15, 0.2) is 0 Å². The molecule has 0 saturated carbocycles. The lowest BCUT2D eigenvalue weighted by atomic mass is 10.1. The van der Waals surface area contributed by atoms with Crippen LogP contribution in [0.2, 0.25) is 0 Å². The summed E-state index contributed by atoms with van der Waals surface area (Å²) in [5, 5.41) is 0. The number of halogens is 3. The monoisotopic (exact) mass is 370 g/mol. The zero-order valence-electron chi connectivity index (χ0n) is 6.73. The highest BCUT2D eigenvalue weighted by atomic mass is 79.9. The van der Waals surface area contributed by atoms with Crippen molar-refractivity contribution in [3.63, 3.8) is 0 Å². The third kappa shape index (κ3) is 2.76. The van der Waals surface area contributed by atoms with Crippen molar-refractivity contribution in [1.29, 1.82) is 0 Å². The summed E-state index contributed by atoms with van der Waals surface area (Å²) < 4.78 is 2.93. The Kier molecular flexibility index (Phi) is 4.38. The summed E-state index contributed by atoms with van der Waals surface area (Å²) in [6.07, 6.45) is 0. The minimum absolute atomic E-state index is 0.142. The van der Waals surface area contributed by atoms with Crippen LogP contribution in [0.4, 0.5) is 0 Å². The van der Waals surface area contributed by atoms with Crippen molar-refractivity contribution in [2.45, 2.75) is 6.04 Å². The molecule has 0 amide bonds. The van der Waals surface area contributed by atoms with E-state index >= 15 is 0 Å². The molecule has 72 valence electrons. The smallest absolute Gasteiger partial charge is 0.0442 e. The van der Waals surface area contributed by atoms with Crippen LogP contribution in [-0.2, 0) is 0 Å². The SMILES string of the molecule is NCC(N)c1c(Br)cc(Br)cc1Br. The number of rotatable bonds is 2. The highest BCUT2D eigenvalue weighted by Gasteiger charge is 2.12. The molecule has 2 nitrogen and oxygen atoms in total. The van der Waals surface area contributed by atoms with Gasteiger partial charge in [-0.2, -0.15) is 0 Å². The van der Waals surface area contributed by atoms with Gasteiger partial charge in [0.2, 0.25) is 0 Å². The van der Waals surface area contributed by atoms with Crippen molar-refractivity contribution in [3.05, 3.63) is 31.1 Å². The molecule has 0 heterocycles. The summed E-state index contributed by atoms with van der Waals surface area (Å²) in [6, 6.07) is 3.77. The van der Waals surface area contributed by atoms with Crippen molar-refractivity contribution in [3.8, 4) is 0 Å². The number of hydrogen-bond acceptors (Lipinski definition) is 2. The van der Waals surface area contributed by atoms with E-state index in [1.807, 2.05) is 12.1 Å². The Morgan fingerprint density at radius 1 is 1.15 bits per heavy atom. The third-order valence-electron chi connectivity index (χ3n) is 1.67. The van der Waals surface area contributed by atoms with Gasteiger partial charge in [0, 0.05) is 26.0 Å². The van der Waals surface area contributed by atoms with E-state index in [4.69, 9.17) is 11.5 Å². The summed E-state index contributed by atoms with van der Waals surface area (Å²) in [4.78, 5) is 0. The van der Waals surface area contributed by atoms with E-state index in [9.17, 15) is 0 Å². The first-order valence-electron chi connectivity index (χ1n) is 3.66. The fraction of sp³-hybridized carbons (Fsp3) is 0.250. The van der Waals surface area contributed by atoms with Crippen LogP contribution in [0.5, 0.6) is 0 Å². The highest BCUT2D eigenvalue weighted by Crippen LogP contribution is 2.32. The molecule has 1 unspecified atom stereocenters. The predicted octanol–water partition coefficient (Wildman–Crippen LogP) is 2.93. The summed E-state index contributed by atoms with van der Waals surface area (Å²) in [5.74, 6) is 0. The molecule has 0 aliphatic carbocycles. The second kappa shape index (κ2) is 4.89. The summed E-state index contributed by atoms with van der Waals surface area (Å²) >= 11 is 10.3. The van der Waals surface area contributed by atoms with Crippen molar-refractivity contribution >= 4 is 47.8 Å². The second-order valence-corrected chi connectivity index (χ2v) is 5.25. The van der Waals surface area contributed by atoms with Crippen LogP contribution in [0.25, 0.3) is 0 Å². The number of hydrogen-bond donors (Lipinski definition) is 2. The van der Waals surface area contributed by atoms with Crippen molar-refractivity contribution < 1.29 is 0 Å². The first-order valence-corrected chi connectivity index (χ1v) is 6.04. The van der Waals surface area contributed by atoms with Gasteiger partial charge in [-0.15, -0.1) is 0 Å². The maximum Gasteiger partial charge on any atom is 0.0442 e. The molecule has 0 saturated heterocycles. The van der Waals surface area contributed by atoms with E-state index in [2.05, 4.69) is 47.8 Å². The Bertz CT molecular complexity index is 291. The Balaban J connectivity index is 3.20. The highest BCUT2D eigenvalue weighted by molar-refractivity contribution is 9.11. The van der Waals surface area contributed by atoms with E-state index < -0.39 is 0 Å². The molecule has 5 heteroatoms. The molecule has 1 rings (SSSR count). The largest absolute Gasteiger partial charge is 0.329 e. The molecule has 1 aromatic carbocycles. The van der Waals surface area contributed by atoms with Crippen LogP contribution in [0.1, 0.15) is 11.6 Å². The summed E-state index contributed by atoms with van der Waals surface area (Å²) in [5.41, 5.74) is 12.4. The lowest BCUT2D eigenvalue weighted by molar-refractivity contribution is 0.729. The van der Waals surface area contributed by atoms with Crippen molar-refractivity contribution in [2.75, 3.05) is 6.54 Å². The molecule has 0 bridgehead atoms. The quantitative estimate of drug-likeness (QED) is 0.838. The molecular formula is C8H9Br3N2. The molecule has 0 aliphatic heterocycles. The van der Waals surface area contributed by atoms with Gasteiger partial charge in [-0.3, -0.25) is 0 Å². The molecular weight excluding hydrogens is 364 g/mol. The predicted molar refractivity (Wildman–Crippen MR) is 65.5 cm³/mol. The standard InChI is InChI=1S/C8H9Br3N2/c9-4-1-5(10)8(6(11)2-4)7(13)3-12/h1-2,7H,3,12-13H2. The second-order valence-electron chi connectivity index (χ2n) is 2.63. The van der Waals surface area contributed by atoms with Gasteiger partial charge in [0.05, 0.1) is 0 Å². The zero-order chi connectivity index (χ0) is 10.0. The van der Waals surface area contributed by atoms with Crippen LogP contribution in [0.3, 0.4) is 0 Å². The fourth-order valence-corrected chi connectivity index (χ4v) is 3.87. The van der Waals surface area contributed by atoms with Crippen LogP contribution in [-0.4, -0.2) is 6.54 Å². The van der Waals surface area contributed by atoms with Gasteiger partial charge in [-0.25, -0.2) is 0 Å². The fourth-order valence-electron chi connectivity index (χ4n) is 1.03. The maximum atomic E-state index is 5.85. The van der Waals surface area contributed by atoms with Crippen LogP contribution in [0.15, 0.2) is 25.6 Å². The third-order valence-corrected chi connectivity index (χ3v) is 3.44. The van der Waals surface area contributed by atoms with E-state index in [1.54, 1.807) is 0 Å². The van der Waals surface area contributed by atoms with Gasteiger partial charge in [-0.05, 0) is 17.7 Å². The van der Waals surface area contributed by atoms with Crippen LogP contribution in [0, 0.1) is 0 Å². The molecule has 1 atom stereocenters. The van der Waals surface area contributed by atoms with E-state index in [1.165, 1.54) is 0 Å². The van der Waals surface area contributed by atoms with Gasteiger partial charge >= 0.3 is 0 Å². The number of nitrogens with two attached hydrogens (primary N) is 2. The molecule has 0 aliphatic rings. The van der Waals surface area contributed by atoms with E-state index in [0.717, 1.165) is 19.0 Å². The average Bonchev–Trinajstić information content (AvgIpc) is 2.02. The Labute approximate surface area is 102 Å². The number of benzene rings is 1. The zero-order valence-corrected chi connectivity index (χ0v) is 11.5. The summed E-state index contributed by atoms with van der Waals surface area (Å²) in [7, 11) is 0. The first-order chi connectivity index (χ1) is 6.06. The van der Waals surface area contributed by atoms with Crippen LogP contribution < -0.4 is 11.5 Å². The van der Waals surface area contributed by atoms with Gasteiger partial charge in [0.25, 0.3) is 0 Å². The normalized spacial score (nSPS) is 13.0. The van der Waals surface area contributed by atoms with E-state index in [-0.39, 0.29) is 6.04 Å². The van der Waals surface area contributed by atoms with E-state index in [0.29, 0.717) is 6.54 Å². The minimum Gasteiger partial charge on any atom is -0.329 e. The van der Waals surface area contributed by atoms with Crippen molar-refractivity contribution in [1.82, 2.24) is 0 Å². The molecule has 4 N–H and O–H groups in total. The van der Waals surface area contributed by atoms with Gasteiger partial charge in [0.1, 0.15) is 0 Å². The average molecular weight is 373 g/mol. The summed E-state index contributed by atoms with van der Waals surface area (Å²) in [6.45, 7) is 0.429. The van der Waals surface area contributed by atoms with Gasteiger partial charge in [-0.1, -0.05) is 47.8 Å². The molecule has 0 spiro atoms. The molecule has 0 aromatic heterocycles. The lowest BCUT2D eigenvalue weighted by Crippen LogP contribution is -2.21. The van der Waals surface area contributed by atoms with Gasteiger partial charge < -0.3 is 11.5 Å². The minimum atomic E-state index is -0.142. The molecule has 0 fully saturated rings. The molecule has 0 radical (unpaired) electrons. The topological polar surface area (TPSA) is 52.0 Å². The Hall–Kier alpha value is 0.580. The lowest BCUT2D eigenvalue weighted by Gasteiger charge is -2.14. The maximum absolute atomic E-state index is 5.85. The first kappa shape index (κ1) is 11.7. The van der Waals surface area contributed by atoms with Crippen LogP contribution >= 0.6 is 47.8 Å². The Morgan fingerprint density at radius 2 is 1.62 bits per heavy atom. The molecule has 1 aromatic rings. The Morgan fingerprint density at radius 3 is 2.00 bits per heavy atom. The molecule has 13 heavy (non-hydrogen) atoms. The van der Waals surface area contributed by atoms with Crippen molar-refractivity contribution in [2.24, 2.45) is 11.5 Å².